The predicted octanol–water partition coefficient (Wildman–Crippen LogP) is 4.91. The zero-order valence-electron chi connectivity index (χ0n) is 16.2. The van der Waals surface area contributed by atoms with Crippen LogP contribution < -0.4 is 10.2 Å². The lowest BCUT2D eigenvalue weighted by molar-refractivity contribution is -0.171. The van der Waals surface area contributed by atoms with Gasteiger partial charge in [-0.25, -0.2) is 4.39 Å². The van der Waals surface area contributed by atoms with Gasteiger partial charge in [-0.05, 0) is 42.7 Å². The highest BCUT2D eigenvalue weighted by Gasteiger charge is 2.47. The number of carbonyl (C=O) groups is 2. The molecule has 2 aromatic rings. The fraction of sp³-hybridized carbons (Fsp3) is 0.364. The molecule has 8 heteroatoms. The van der Waals surface area contributed by atoms with Gasteiger partial charge in [0, 0.05) is 11.7 Å². The highest BCUT2D eigenvalue weighted by molar-refractivity contribution is 6.03. The molecule has 1 aliphatic rings. The molecule has 0 aromatic heterocycles. The Kier molecular flexibility index (Phi) is 6.74. The van der Waals surface area contributed by atoms with Crippen molar-refractivity contribution in [1.82, 2.24) is 5.32 Å². The lowest BCUT2D eigenvalue weighted by Crippen LogP contribution is -2.50. The van der Waals surface area contributed by atoms with Crippen LogP contribution in [0.4, 0.5) is 23.2 Å². The summed E-state index contributed by atoms with van der Waals surface area (Å²) in [5, 5.41) is 2.81. The van der Waals surface area contributed by atoms with Crippen molar-refractivity contribution in [1.29, 1.82) is 0 Å². The Balaban J connectivity index is 2.04. The fourth-order valence-corrected chi connectivity index (χ4v) is 3.70. The molecule has 2 aromatic carbocycles. The minimum atomic E-state index is -5.22. The monoisotopic (exact) mass is 422 g/mol. The van der Waals surface area contributed by atoms with Gasteiger partial charge in [-0.3, -0.25) is 14.5 Å². The number of anilines is 1. The third-order valence-corrected chi connectivity index (χ3v) is 5.14. The van der Waals surface area contributed by atoms with Crippen LogP contribution >= 0.6 is 0 Å². The second-order valence-electron chi connectivity index (χ2n) is 7.31. The highest BCUT2D eigenvalue weighted by atomic mass is 19.4. The van der Waals surface area contributed by atoms with Crippen LogP contribution in [0.5, 0.6) is 0 Å². The number of nitrogens with zero attached hydrogens (tertiary/aromatic N) is 1. The van der Waals surface area contributed by atoms with E-state index in [1.165, 1.54) is 12.1 Å². The predicted molar refractivity (Wildman–Crippen MR) is 104 cm³/mol. The van der Waals surface area contributed by atoms with Gasteiger partial charge in [0.25, 0.3) is 0 Å². The van der Waals surface area contributed by atoms with Gasteiger partial charge in [0.1, 0.15) is 11.9 Å². The van der Waals surface area contributed by atoms with Crippen LogP contribution in [0.1, 0.15) is 43.7 Å². The normalized spacial score (nSPS) is 16.0. The number of nitrogens with one attached hydrogen (secondary N) is 1. The Morgan fingerprint density at radius 3 is 2.10 bits per heavy atom. The molecular weight excluding hydrogens is 400 g/mol. The largest absolute Gasteiger partial charge is 0.471 e. The van der Waals surface area contributed by atoms with E-state index in [0.717, 1.165) is 56.4 Å². The molecule has 1 N–H and O–H groups in total. The number of alkyl halides is 3. The summed E-state index contributed by atoms with van der Waals surface area (Å²) in [5.74, 6) is -3.56. The van der Waals surface area contributed by atoms with E-state index in [0.29, 0.717) is 4.90 Å². The summed E-state index contributed by atoms with van der Waals surface area (Å²) in [6.45, 7) is 0. The molecule has 160 valence electrons. The summed E-state index contributed by atoms with van der Waals surface area (Å²) in [7, 11) is 0. The molecule has 0 saturated heterocycles. The van der Waals surface area contributed by atoms with E-state index < -0.39 is 29.8 Å². The van der Waals surface area contributed by atoms with Crippen LogP contribution in [0.25, 0.3) is 0 Å². The molecule has 1 fully saturated rings. The maximum absolute atomic E-state index is 13.5. The van der Waals surface area contributed by atoms with Gasteiger partial charge in [-0.1, -0.05) is 49.6 Å². The molecule has 0 bridgehead atoms. The minimum Gasteiger partial charge on any atom is -0.351 e. The Morgan fingerprint density at radius 1 is 0.933 bits per heavy atom. The Bertz CT molecular complexity index is 863. The van der Waals surface area contributed by atoms with Crippen molar-refractivity contribution in [3.05, 3.63) is 66.0 Å². The van der Waals surface area contributed by atoms with Crippen LogP contribution in [0.15, 0.2) is 54.6 Å². The van der Waals surface area contributed by atoms with Crippen molar-refractivity contribution >= 4 is 17.5 Å². The maximum Gasteiger partial charge on any atom is 0.471 e. The summed E-state index contributed by atoms with van der Waals surface area (Å²) in [4.78, 5) is 26.0. The van der Waals surface area contributed by atoms with Crippen molar-refractivity contribution in [2.75, 3.05) is 4.90 Å². The number of halogens is 4. The van der Waals surface area contributed by atoms with Gasteiger partial charge in [-0.15, -0.1) is 0 Å². The molecule has 0 aliphatic heterocycles. The van der Waals surface area contributed by atoms with E-state index in [9.17, 15) is 27.2 Å². The molecule has 1 aliphatic carbocycles. The first kappa shape index (κ1) is 21.8. The second kappa shape index (κ2) is 9.28. The number of hydrogen-bond acceptors (Lipinski definition) is 2. The molecule has 1 atom stereocenters. The number of hydrogen-bond donors (Lipinski definition) is 1. The van der Waals surface area contributed by atoms with Gasteiger partial charge in [-0.2, -0.15) is 13.2 Å². The Morgan fingerprint density at radius 2 is 1.53 bits per heavy atom. The van der Waals surface area contributed by atoms with Crippen molar-refractivity contribution in [2.24, 2.45) is 0 Å². The molecule has 30 heavy (non-hydrogen) atoms. The van der Waals surface area contributed by atoms with Crippen LogP contribution in [0, 0.1) is 5.82 Å². The molecule has 3 rings (SSSR count). The average Bonchev–Trinajstić information content (AvgIpc) is 2.73. The van der Waals surface area contributed by atoms with E-state index in [1.807, 2.05) is 0 Å². The van der Waals surface area contributed by atoms with Gasteiger partial charge in [0.05, 0.1) is 0 Å². The average molecular weight is 422 g/mol. The molecule has 0 radical (unpaired) electrons. The van der Waals surface area contributed by atoms with E-state index >= 15 is 0 Å². The van der Waals surface area contributed by atoms with E-state index in [4.69, 9.17) is 0 Å². The van der Waals surface area contributed by atoms with Crippen molar-refractivity contribution < 1.29 is 27.2 Å². The van der Waals surface area contributed by atoms with E-state index in [-0.39, 0.29) is 17.3 Å². The summed E-state index contributed by atoms with van der Waals surface area (Å²) in [5.41, 5.74) is 0.0131. The first-order chi connectivity index (χ1) is 14.3. The Labute approximate surface area is 171 Å². The van der Waals surface area contributed by atoms with Gasteiger partial charge >= 0.3 is 12.1 Å². The number of rotatable bonds is 5. The Hall–Kier alpha value is -2.90. The lowest BCUT2D eigenvalue weighted by atomic mass is 9.94. The van der Waals surface area contributed by atoms with Gasteiger partial charge in [0.15, 0.2) is 0 Å². The molecular formula is C22H22F4N2O2. The molecule has 0 heterocycles. The standard InChI is InChI=1S/C22H22F4N2O2/c23-16-11-13-18(14-12-16)28(21(30)22(24,25)26)19(15-7-3-1-4-8-15)20(29)27-17-9-5-2-6-10-17/h1,3-4,7-8,11-14,17,19H,2,5-6,9-10H2,(H,27,29)/t19-/m0/s1. The first-order valence-corrected chi connectivity index (χ1v) is 9.78. The van der Waals surface area contributed by atoms with Crippen LogP contribution in [-0.4, -0.2) is 24.0 Å². The number of amides is 2. The zero-order valence-corrected chi connectivity index (χ0v) is 16.2. The minimum absolute atomic E-state index is 0.159. The van der Waals surface area contributed by atoms with Gasteiger partial charge < -0.3 is 5.32 Å². The van der Waals surface area contributed by atoms with Crippen LogP contribution in [0.2, 0.25) is 0 Å². The fourth-order valence-electron chi connectivity index (χ4n) is 3.70. The quantitative estimate of drug-likeness (QED) is 0.696. The maximum atomic E-state index is 13.5. The molecule has 0 spiro atoms. The number of benzene rings is 2. The molecule has 2 amide bonds. The molecule has 4 nitrogen and oxygen atoms in total. The van der Waals surface area contributed by atoms with Crippen molar-refractivity contribution in [2.45, 2.75) is 50.4 Å². The lowest BCUT2D eigenvalue weighted by Gasteiger charge is -2.33. The van der Waals surface area contributed by atoms with Gasteiger partial charge in [0.2, 0.25) is 5.91 Å². The van der Waals surface area contributed by atoms with E-state index in [1.54, 1.807) is 18.2 Å². The van der Waals surface area contributed by atoms with Crippen LogP contribution in [-0.2, 0) is 9.59 Å². The smallest absolute Gasteiger partial charge is 0.351 e. The number of carbonyl (C=O) groups excluding carboxylic acids is 2. The summed E-state index contributed by atoms with van der Waals surface area (Å²) in [6.07, 6.45) is -0.864. The molecule has 1 saturated carbocycles. The third-order valence-electron chi connectivity index (χ3n) is 5.14. The highest BCUT2D eigenvalue weighted by Crippen LogP contribution is 2.33. The SMILES string of the molecule is O=C(NC1CCCCC1)[C@H](c1ccccc1)N(C(=O)C(F)(F)F)c1ccc(F)cc1. The van der Waals surface area contributed by atoms with Crippen molar-refractivity contribution in [3.8, 4) is 0 Å². The van der Waals surface area contributed by atoms with Crippen molar-refractivity contribution in [3.63, 3.8) is 0 Å². The summed E-state index contributed by atoms with van der Waals surface area (Å²) >= 11 is 0. The second-order valence-corrected chi connectivity index (χ2v) is 7.31. The zero-order chi connectivity index (χ0) is 21.7. The molecule has 0 unspecified atom stereocenters. The summed E-state index contributed by atoms with van der Waals surface area (Å²) in [6, 6.07) is 10.1. The third kappa shape index (κ3) is 5.17. The topological polar surface area (TPSA) is 49.4 Å². The van der Waals surface area contributed by atoms with Crippen LogP contribution in [0.3, 0.4) is 0 Å². The first-order valence-electron chi connectivity index (χ1n) is 9.78. The van der Waals surface area contributed by atoms with E-state index in [2.05, 4.69) is 5.32 Å². The summed E-state index contributed by atoms with van der Waals surface area (Å²) < 4.78 is 53.8.